The second-order valence-electron chi connectivity index (χ2n) is 4.82. The van der Waals surface area contributed by atoms with Crippen molar-refractivity contribution in [1.82, 2.24) is 9.97 Å². The van der Waals surface area contributed by atoms with E-state index in [2.05, 4.69) is 25.9 Å². The SMILES string of the molecule is CC(C)Cc1nc(O)c(-c2cccc(Br)c2)c(=O)[nH]1. The van der Waals surface area contributed by atoms with Crippen LogP contribution in [0.4, 0.5) is 0 Å². The van der Waals surface area contributed by atoms with Crippen LogP contribution in [0.15, 0.2) is 33.5 Å². The van der Waals surface area contributed by atoms with Crippen LogP contribution in [0.1, 0.15) is 19.7 Å². The summed E-state index contributed by atoms with van der Waals surface area (Å²) in [6.45, 7) is 4.05. The van der Waals surface area contributed by atoms with Crippen molar-refractivity contribution in [3.63, 3.8) is 0 Å². The van der Waals surface area contributed by atoms with E-state index in [-0.39, 0.29) is 17.0 Å². The second-order valence-corrected chi connectivity index (χ2v) is 5.74. The first-order valence-corrected chi connectivity index (χ1v) is 6.84. The quantitative estimate of drug-likeness (QED) is 0.912. The maximum absolute atomic E-state index is 12.1. The van der Waals surface area contributed by atoms with Gasteiger partial charge in [0.25, 0.3) is 5.56 Å². The molecule has 0 aliphatic heterocycles. The van der Waals surface area contributed by atoms with E-state index in [1.54, 1.807) is 18.2 Å². The Labute approximate surface area is 119 Å². The largest absolute Gasteiger partial charge is 0.493 e. The fourth-order valence-corrected chi connectivity index (χ4v) is 2.29. The third-order valence-electron chi connectivity index (χ3n) is 2.66. The van der Waals surface area contributed by atoms with Gasteiger partial charge in [-0.15, -0.1) is 0 Å². The summed E-state index contributed by atoms with van der Waals surface area (Å²) in [6.07, 6.45) is 0.627. The van der Waals surface area contributed by atoms with Crippen LogP contribution in [0.3, 0.4) is 0 Å². The fraction of sp³-hybridized carbons (Fsp3) is 0.286. The number of halogens is 1. The highest BCUT2D eigenvalue weighted by atomic mass is 79.9. The Bertz CT molecular complexity index is 650. The zero-order chi connectivity index (χ0) is 14.0. The maximum Gasteiger partial charge on any atom is 0.262 e. The Morgan fingerprint density at radius 1 is 1.42 bits per heavy atom. The van der Waals surface area contributed by atoms with Crippen LogP contribution in [-0.2, 0) is 6.42 Å². The molecule has 0 bridgehead atoms. The average Bonchev–Trinajstić information content (AvgIpc) is 2.26. The monoisotopic (exact) mass is 322 g/mol. The highest BCUT2D eigenvalue weighted by Gasteiger charge is 2.13. The third kappa shape index (κ3) is 3.23. The Balaban J connectivity index is 2.51. The molecule has 2 N–H and O–H groups in total. The van der Waals surface area contributed by atoms with Crippen molar-refractivity contribution in [2.24, 2.45) is 5.92 Å². The molecular formula is C14H15BrN2O2. The van der Waals surface area contributed by atoms with E-state index in [1.807, 2.05) is 19.9 Å². The van der Waals surface area contributed by atoms with Gasteiger partial charge in [-0.1, -0.05) is 41.9 Å². The highest BCUT2D eigenvalue weighted by Crippen LogP contribution is 2.26. The minimum absolute atomic E-state index is 0.203. The number of aromatic amines is 1. The average molecular weight is 323 g/mol. The van der Waals surface area contributed by atoms with Crippen LogP contribution in [0.2, 0.25) is 0 Å². The first-order chi connectivity index (χ1) is 8.97. The maximum atomic E-state index is 12.1. The van der Waals surface area contributed by atoms with Crippen LogP contribution in [0.25, 0.3) is 11.1 Å². The predicted octanol–water partition coefficient (Wildman–Crippen LogP) is 3.10. The Kier molecular flexibility index (Phi) is 4.04. The lowest BCUT2D eigenvalue weighted by Gasteiger charge is -2.08. The van der Waals surface area contributed by atoms with Gasteiger partial charge in [0.2, 0.25) is 5.88 Å². The van der Waals surface area contributed by atoms with Crippen LogP contribution in [0, 0.1) is 5.92 Å². The molecule has 0 saturated heterocycles. The van der Waals surface area contributed by atoms with Gasteiger partial charge < -0.3 is 10.1 Å². The molecule has 0 amide bonds. The van der Waals surface area contributed by atoms with E-state index in [4.69, 9.17) is 0 Å². The minimum Gasteiger partial charge on any atom is -0.493 e. The molecule has 0 unspecified atom stereocenters. The number of hydrogen-bond donors (Lipinski definition) is 2. The summed E-state index contributed by atoms with van der Waals surface area (Å²) in [5, 5.41) is 9.98. The number of H-pyrrole nitrogens is 1. The summed E-state index contributed by atoms with van der Waals surface area (Å²) in [5.74, 6) is 0.646. The summed E-state index contributed by atoms with van der Waals surface area (Å²) < 4.78 is 0.843. The lowest BCUT2D eigenvalue weighted by molar-refractivity contribution is 0.447. The molecule has 1 aromatic heterocycles. The van der Waals surface area contributed by atoms with Gasteiger partial charge in [0.05, 0.1) is 0 Å². The molecule has 19 heavy (non-hydrogen) atoms. The molecule has 5 heteroatoms. The topological polar surface area (TPSA) is 66.0 Å². The molecule has 1 heterocycles. The van der Waals surface area contributed by atoms with Gasteiger partial charge in [0, 0.05) is 10.9 Å². The van der Waals surface area contributed by atoms with Crippen molar-refractivity contribution in [3.8, 4) is 17.0 Å². The van der Waals surface area contributed by atoms with Gasteiger partial charge in [-0.2, -0.15) is 4.98 Å². The normalized spacial score (nSPS) is 10.9. The number of hydrogen-bond acceptors (Lipinski definition) is 3. The van der Waals surface area contributed by atoms with Crippen LogP contribution >= 0.6 is 15.9 Å². The fourth-order valence-electron chi connectivity index (χ4n) is 1.89. The number of benzene rings is 1. The molecule has 2 rings (SSSR count). The van der Waals surface area contributed by atoms with E-state index in [0.717, 1.165) is 4.47 Å². The smallest absolute Gasteiger partial charge is 0.262 e. The summed E-state index contributed by atoms with van der Waals surface area (Å²) in [4.78, 5) is 18.9. The number of nitrogens with zero attached hydrogens (tertiary/aromatic N) is 1. The Morgan fingerprint density at radius 3 is 2.74 bits per heavy atom. The van der Waals surface area contributed by atoms with Crippen molar-refractivity contribution in [2.45, 2.75) is 20.3 Å². The number of aromatic nitrogens is 2. The van der Waals surface area contributed by atoms with E-state index in [1.165, 1.54) is 0 Å². The Hall–Kier alpha value is -1.62. The van der Waals surface area contributed by atoms with Crippen LogP contribution < -0.4 is 5.56 Å². The second kappa shape index (κ2) is 5.57. The third-order valence-corrected chi connectivity index (χ3v) is 3.16. The molecule has 4 nitrogen and oxygen atoms in total. The van der Waals surface area contributed by atoms with Gasteiger partial charge in [-0.05, 0) is 23.6 Å². The van der Waals surface area contributed by atoms with E-state index in [9.17, 15) is 9.90 Å². The minimum atomic E-state index is -0.318. The summed E-state index contributed by atoms with van der Waals surface area (Å²) >= 11 is 3.34. The molecule has 0 fully saturated rings. The molecule has 0 aliphatic carbocycles. The van der Waals surface area contributed by atoms with E-state index < -0.39 is 0 Å². The first kappa shape index (κ1) is 13.8. The molecule has 0 radical (unpaired) electrons. The summed E-state index contributed by atoms with van der Waals surface area (Å²) in [7, 11) is 0. The van der Waals surface area contributed by atoms with Crippen molar-refractivity contribution >= 4 is 15.9 Å². The van der Waals surface area contributed by atoms with Crippen molar-refractivity contribution in [3.05, 3.63) is 44.9 Å². The van der Waals surface area contributed by atoms with Gasteiger partial charge >= 0.3 is 0 Å². The molecule has 0 atom stereocenters. The highest BCUT2D eigenvalue weighted by molar-refractivity contribution is 9.10. The molecule has 1 aromatic carbocycles. The van der Waals surface area contributed by atoms with Gasteiger partial charge in [-0.3, -0.25) is 4.79 Å². The summed E-state index contributed by atoms with van der Waals surface area (Å²) in [5.41, 5.74) is 0.520. The molecule has 0 saturated carbocycles. The zero-order valence-electron chi connectivity index (χ0n) is 10.8. The van der Waals surface area contributed by atoms with Crippen LogP contribution in [0.5, 0.6) is 5.88 Å². The lowest BCUT2D eigenvalue weighted by Crippen LogP contribution is -2.15. The van der Waals surface area contributed by atoms with Gasteiger partial charge in [0.1, 0.15) is 11.4 Å². The van der Waals surface area contributed by atoms with Crippen molar-refractivity contribution in [2.75, 3.05) is 0 Å². The molecular weight excluding hydrogens is 308 g/mol. The number of nitrogens with one attached hydrogen (secondary N) is 1. The molecule has 100 valence electrons. The zero-order valence-corrected chi connectivity index (χ0v) is 12.4. The Morgan fingerprint density at radius 2 is 2.16 bits per heavy atom. The standard InChI is InChI=1S/C14H15BrN2O2/c1-8(2)6-11-16-13(18)12(14(19)17-11)9-4-3-5-10(15)7-9/h3-5,7-8H,6H2,1-2H3,(H2,16,17,18,19). The molecule has 0 aliphatic rings. The number of rotatable bonds is 3. The molecule has 0 spiro atoms. The number of aromatic hydroxyl groups is 1. The van der Waals surface area contributed by atoms with E-state index >= 15 is 0 Å². The van der Waals surface area contributed by atoms with Crippen molar-refractivity contribution in [1.29, 1.82) is 0 Å². The lowest BCUT2D eigenvalue weighted by atomic mass is 10.1. The van der Waals surface area contributed by atoms with Gasteiger partial charge in [-0.25, -0.2) is 0 Å². The first-order valence-electron chi connectivity index (χ1n) is 6.05. The molecule has 2 aromatic rings. The van der Waals surface area contributed by atoms with Gasteiger partial charge in [0.15, 0.2) is 0 Å². The van der Waals surface area contributed by atoms with Crippen LogP contribution in [-0.4, -0.2) is 15.1 Å². The summed E-state index contributed by atoms with van der Waals surface area (Å²) in [6, 6.07) is 7.20. The van der Waals surface area contributed by atoms with Crippen molar-refractivity contribution < 1.29 is 5.11 Å². The predicted molar refractivity (Wildman–Crippen MR) is 78.2 cm³/mol. The van der Waals surface area contributed by atoms with E-state index in [0.29, 0.717) is 23.7 Å².